The van der Waals surface area contributed by atoms with Gasteiger partial charge >= 0.3 is 18.4 Å². The number of rotatable bonds is 5. The van der Waals surface area contributed by atoms with Crippen molar-refractivity contribution in [2.45, 2.75) is 81.4 Å². The first-order chi connectivity index (χ1) is 21.7. The average Bonchev–Trinajstić information content (AvgIpc) is 3.86. The Kier molecular flexibility index (Phi) is 8.47. The Morgan fingerprint density at radius 2 is 1.43 bits per heavy atom. The maximum atomic E-state index is 13.7. The Balaban J connectivity index is 1.19. The number of ether oxygens (including phenoxy) is 1. The highest BCUT2D eigenvalue weighted by Crippen LogP contribution is 2.40. The van der Waals surface area contributed by atoms with Crippen LogP contribution in [0.4, 0.5) is 31.1 Å². The van der Waals surface area contributed by atoms with E-state index in [1.54, 1.807) is 17.0 Å². The Morgan fingerprint density at radius 1 is 0.826 bits per heavy atom. The Labute approximate surface area is 262 Å². The molecule has 6 rings (SSSR count). The van der Waals surface area contributed by atoms with Crippen LogP contribution in [0.25, 0.3) is 0 Å². The van der Waals surface area contributed by atoms with Gasteiger partial charge in [0, 0.05) is 69.0 Å². The van der Waals surface area contributed by atoms with Gasteiger partial charge in [0.15, 0.2) is 0 Å². The third-order valence-electron chi connectivity index (χ3n) is 9.80. The van der Waals surface area contributed by atoms with E-state index < -0.39 is 52.7 Å². The highest BCUT2D eigenvalue weighted by molar-refractivity contribution is 5.95. The number of hydrogen-bond acceptors (Lipinski definition) is 4. The first-order valence-electron chi connectivity index (χ1n) is 15.7. The van der Waals surface area contributed by atoms with Crippen molar-refractivity contribution in [1.82, 2.24) is 14.7 Å². The summed E-state index contributed by atoms with van der Waals surface area (Å²) >= 11 is 0. The number of amides is 3. The van der Waals surface area contributed by atoms with Crippen molar-refractivity contribution >= 4 is 17.9 Å². The number of carbonyl (C=O) groups excluding carboxylic acids is 3. The molecule has 4 aliphatic rings. The molecule has 3 saturated heterocycles. The fourth-order valence-electron chi connectivity index (χ4n) is 7.02. The smallest absolute Gasteiger partial charge is 0.416 e. The second-order valence-corrected chi connectivity index (χ2v) is 12.9. The fourth-order valence-corrected chi connectivity index (χ4v) is 7.02. The molecule has 1 saturated carbocycles. The molecular formula is C33H35F6N3O4. The summed E-state index contributed by atoms with van der Waals surface area (Å²) in [6.45, 7) is 1.52. The monoisotopic (exact) mass is 651 g/mol. The lowest BCUT2D eigenvalue weighted by Crippen LogP contribution is -2.60. The molecule has 0 radical (unpaired) electrons. The molecule has 2 aromatic rings. The predicted octanol–water partition coefficient (Wildman–Crippen LogP) is 6.55. The van der Waals surface area contributed by atoms with Crippen LogP contribution in [0, 0.1) is 5.92 Å². The van der Waals surface area contributed by atoms with Crippen molar-refractivity contribution in [1.29, 1.82) is 0 Å². The molecule has 3 heterocycles. The van der Waals surface area contributed by atoms with Crippen molar-refractivity contribution in [2.24, 2.45) is 5.92 Å². The Hall–Kier alpha value is -3.77. The van der Waals surface area contributed by atoms with Crippen LogP contribution in [0.3, 0.4) is 0 Å². The predicted molar refractivity (Wildman–Crippen MR) is 154 cm³/mol. The van der Waals surface area contributed by atoms with E-state index in [1.807, 2.05) is 23.1 Å². The quantitative estimate of drug-likeness (QED) is 0.344. The normalized spacial score (nSPS) is 23.8. The lowest BCUT2D eigenvalue weighted by molar-refractivity contribution is -0.143. The third-order valence-corrected chi connectivity index (χ3v) is 9.80. The lowest BCUT2D eigenvalue weighted by atomic mass is 9.85. The van der Waals surface area contributed by atoms with Crippen LogP contribution >= 0.6 is 0 Å². The van der Waals surface area contributed by atoms with E-state index in [2.05, 4.69) is 0 Å². The van der Waals surface area contributed by atoms with Crippen LogP contribution in [-0.2, 0) is 28.3 Å². The van der Waals surface area contributed by atoms with Gasteiger partial charge in [0.05, 0.1) is 11.1 Å². The number of likely N-dealkylation sites (tertiary alicyclic amines) is 2. The van der Waals surface area contributed by atoms with Crippen molar-refractivity contribution in [3.05, 3.63) is 70.8 Å². The number of alkyl halides is 6. The summed E-state index contributed by atoms with van der Waals surface area (Å²) in [6, 6.07) is 9.07. The van der Waals surface area contributed by atoms with E-state index in [0.29, 0.717) is 57.5 Å². The van der Waals surface area contributed by atoms with Gasteiger partial charge in [-0.3, -0.25) is 9.59 Å². The number of carbonyl (C=O) groups is 3. The Morgan fingerprint density at radius 3 is 2.00 bits per heavy atom. The number of nitrogens with zero attached hydrogens (tertiary/aromatic N) is 3. The van der Waals surface area contributed by atoms with Crippen molar-refractivity contribution in [3.8, 4) is 0 Å². The van der Waals surface area contributed by atoms with Gasteiger partial charge in [-0.1, -0.05) is 30.3 Å². The van der Waals surface area contributed by atoms with Crippen LogP contribution in [0.15, 0.2) is 48.5 Å². The van der Waals surface area contributed by atoms with Gasteiger partial charge in [-0.2, -0.15) is 26.3 Å². The van der Waals surface area contributed by atoms with Crippen LogP contribution in [0.1, 0.15) is 72.0 Å². The number of benzene rings is 2. The summed E-state index contributed by atoms with van der Waals surface area (Å²) in [5.41, 5.74) is -3.60. The summed E-state index contributed by atoms with van der Waals surface area (Å²) < 4.78 is 87.4. The largest absolute Gasteiger partial charge is 0.443 e. The summed E-state index contributed by atoms with van der Waals surface area (Å²) in [6.07, 6.45) is -6.23. The van der Waals surface area contributed by atoms with Gasteiger partial charge in [-0.05, 0) is 55.9 Å². The first-order valence-corrected chi connectivity index (χ1v) is 15.7. The van der Waals surface area contributed by atoms with E-state index in [-0.39, 0.29) is 43.3 Å². The molecule has 13 heteroatoms. The molecule has 3 amide bonds. The molecule has 248 valence electrons. The minimum atomic E-state index is -5.08. The standard InChI is InChI=1S/C33H35F6N3O4/c34-32(35,36)24-17-23(18-25(19-24)33(37,38)39)29(44)41-12-8-26(20-27(41)16-21-4-2-1-3-5-21)42-15-11-31(46-30(42)45)9-13-40(14-10-31)28(43)22-6-7-22/h1-5,17-19,22,26-27H,6-16,20H2. The van der Waals surface area contributed by atoms with Crippen LogP contribution in [0.5, 0.6) is 0 Å². The van der Waals surface area contributed by atoms with Crippen LogP contribution < -0.4 is 0 Å². The molecule has 0 aromatic heterocycles. The zero-order chi connectivity index (χ0) is 32.9. The van der Waals surface area contributed by atoms with Gasteiger partial charge in [-0.15, -0.1) is 0 Å². The maximum absolute atomic E-state index is 13.7. The van der Waals surface area contributed by atoms with Crippen LogP contribution in [-0.4, -0.2) is 76.5 Å². The molecule has 1 aliphatic carbocycles. The number of hydrogen-bond donors (Lipinski definition) is 0. The molecule has 1 spiro atoms. The van der Waals surface area contributed by atoms with E-state index in [1.165, 1.54) is 4.90 Å². The summed E-state index contributed by atoms with van der Waals surface area (Å²) in [5, 5.41) is 0. The summed E-state index contributed by atoms with van der Waals surface area (Å²) in [5.74, 6) is -0.631. The molecule has 46 heavy (non-hydrogen) atoms. The molecule has 2 unspecified atom stereocenters. The minimum Gasteiger partial charge on any atom is -0.443 e. The van der Waals surface area contributed by atoms with Crippen molar-refractivity contribution < 1.29 is 45.5 Å². The van der Waals surface area contributed by atoms with Crippen molar-refractivity contribution in [3.63, 3.8) is 0 Å². The molecule has 0 bridgehead atoms. The molecular weight excluding hydrogens is 616 g/mol. The summed E-state index contributed by atoms with van der Waals surface area (Å²) in [4.78, 5) is 44.4. The Bertz CT molecular complexity index is 1440. The maximum Gasteiger partial charge on any atom is 0.416 e. The highest BCUT2D eigenvalue weighted by Gasteiger charge is 2.48. The van der Waals surface area contributed by atoms with Gasteiger partial charge in [0.2, 0.25) is 5.91 Å². The molecule has 4 fully saturated rings. The van der Waals surface area contributed by atoms with E-state index >= 15 is 0 Å². The summed E-state index contributed by atoms with van der Waals surface area (Å²) in [7, 11) is 0. The molecule has 2 atom stereocenters. The first kappa shape index (κ1) is 32.2. The molecule has 2 aromatic carbocycles. The fraction of sp³-hybridized carbons (Fsp3) is 0.545. The van der Waals surface area contributed by atoms with E-state index in [4.69, 9.17) is 4.74 Å². The topological polar surface area (TPSA) is 70.2 Å². The molecule has 0 N–H and O–H groups in total. The average molecular weight is 652 g/mol. The van der Waals surface area contributed by atoms with Gasteiger partial charge < -0.3 is 19.4 Å². The second kappa shape index (κ2) is 12.1. The van der Waals surface area contributed by atoms with E-state index in [0.717, 1.165) is 18.4 Å². The highest BCUT2D eigenvalue weighted by atomic mass is 19.4. The third kappa shape index (κ3) is 6.83. The van der Waals surface area contributed by atoms with E-state index in [9.17, 15) is 40.7 Å². The van der Waals surface area contributed by atoms with Crippen molar-refractivity contribution in [2.75, 3.05) is 26.2 Å². The SMILES string of the molecule is O=C(C1CC1)N1CCC2(CC1)CCN(C1CCN(C(=O)c3cc(C(F)(F)F)cc(C(F)(F)F)c3)C(Cc3ccccc3)C1)C(=O)O2. The molecule has 7 nitrogen and oxygen atoms in total. The van der Waals surface area contributed by atoms with Crippen LogP contribution in [0.2, 0.25) is 0 Å². The molecule has 3 aliphatic heterocycles. The number of piperidine rings is 2. The zero-order valence-corrected chi connectivity index (χ0v) is 25.1. The van der Waals surface area contributed by atoms with Gasteiger partial charge in [0.25, 0.3) is 5.91 Å². The van der Waals surface area contributed by atoms with Gasteiger partial charge in [0.1, 0.15) is 5.60 Å². The second-order valence-electron chi connectivity index (χ2n) is 12.9. The zero-order valence-electron chi connectivity index (χ0n) is 25.1. The van der Waals surface area contributed by atoms with Gasteiger partial charge in [-0.25, -0.2) is 4.79 Å². The minimum absolute atomic E-state index is 0.00796. The lowest BCUT2D eigenvalue weighted by Gasteiger charge is -2.49. The number of halogens is 6.